The van der Waals surface area contributed by atoms with Crippen molar-refractivity contribution in [3.8, 4) is 11.5 Å². The van der Waals surface area contributed by atoms with Gasteiger partial charge in [-0.3, -0.25) is 9.59 Å². The van der Waals surface area contributed by atoms with Crippen LogP contribution in [0.15, 0.2) is 29.5 Å². The van der Waals surface area contributed by atoms with Gasteiger partial charge in [-0.1, -0.05) is 19.9 Å². The van der Waals surface area contributed by atoms with Crippen molar-refractivity contribution in [1.82, 2.24) is 4.90 Å². The highest BCUT2D eigenvalue weighted by Gasteiger charge is 2.44. The van der Waals surface area contributed by atoms with Crippen LogP contribution in [0.4, 0.5) is 0 Å². The van der Waals surface area contributed by atoms with Gasteiger partial charge < -0.3 is 24.2 Å². The largest absolute Gasteiger partial charge is 0.503 e. The van der Waals surface area contributed by atoms with E-state index in [2.05, 4.69) is 0 Å². The van der Waals surface area contributed by atoms with Crippen LogP contribution < -0.4 is 9.47 Å². The SMILES string of the molecule is CCOc1ccc(C2C(C(=O)CC(C)C)=C(O)C(=O)N2CC2CCCO2)cc1OC. The lowest BCUT2D eigenvalue weighted by Crippen LogP contribution is -2.37. The van der Waals surface area contributed by atoms with Gasteiger partial charge in [0.1, 0.15) is 0 Å². The molecule has 2 heterocycles. The maximum atomic E-state index is 13.0. The fraction of sp³-hybridized carbons (Fsp3) is 0.565. The van der Waals surface area contributed by atoms with Crippen molar-refractivity contribution in [3.05, 3.63) is 35.1 Å². The van der Waals surface area contributed by atoms with Crippen molar-refractivity contribution in [1.29, 1.82) is 0 Å². The average molecular weight is 418 g/mol. The van der Waals surface area contributed by atoms with E-state index >= 15 is 0 Å². The zero-order chi connectivity index (χ0) is 21.8. The lowest BCUT2D eigenvalue weighted by molar-refractivity contribution is -0.131. The van der Waals surface area contributed by atoms with Crippen LogP contribution in [0.2, 0.25) is 0 Å². The van der Waals surface area contributed by atoms with E-state index in [0.717, 1.165) is 12.8 Å². The summed E-state index contributed by atoms with van der Waals surface area (Å²) < 4.78 is 16.8. The van der Waals surface area contributed by atoms with Gasteiger partial charge in [-0.05, 0) is 43.4 Å². The lowest BCUT2D eigenvalue weighted by Gasteiger charge is -2.29. The van der Waals surface area contributed by atoms with E-state index < -0.39 is 17.7 Å². The number of Topliss-reactive ketones (excluding diaryl/α,β-unsaturated/α-hetero) is 1. The van der Waals surface area contributed by atoms with Gasteiger partial charge in [0.15, 0.2) is 23.0 Å². The van der Waals surface area contributed by atoms with Gasteiger partial charge in [0, 0.05) is 19.6 Å². The van der Waals surface area contributed by atoms with Gasteiger partial charge in [-0.15, -0.1) is 0 Å². The predicted octanol–water partition coefficient (Wildman–Crippen LogP) is 3.58. The molecule has 2 atom stereocenters. The van der Waals surface area contributed by atoms with Crippen LogP contribution in [-0.2, 0) is 14.3 Å². The molecule has 30 heavy (non-hydrogen) atoms. The Bertz CT molecular complexity index is 825. The van der Waals surface area contributed by atoms with E-state index in [0.29, 0.717) is 36.8 Å². The first-order chi connectivity index (χ1) is 14.4. The molecule has 1 aromatic rings. The molecule has 0 saturated carbocycles. The number of ether oxygens (including phenoxy) is 3. The van der Waals surface area contributed by atoms with Gasteiger partial charge in [-0.25, -0.2) is 0 Å². The molecule has 1 saturated heterocycles. The first-order valence-electron chi connectivity index (χ1n) is 10.6. The number of aliphatic hydroxyl groups excluding tert-OH is 1. The van der Waals surface area contributed by atoms with E-state index in [1.54, 1.807) is 24.1 Å². The maximum Gasteiger partial charge on any atom is 0.290 e. The molecule has 1 N–H and O–H groups in total. The van der Waals surface area contributed by atoms with Crippen molar-refractivity contribution in [2.24, 2.45) is 5.92 Å². The van der Waals surface area contributed by atoms with E-state index in [-0.39, 0.29) is 29.8 Å². The smallest absolute Gasteiger partial charge is 0.290 e. The van der Waals surface area contributed by atoms with Crippen molar-refractivity contribution < 1.29 is 28.9 Å². The lowest BCUT2D eigenvalue weighted by atomic mass is 9.92. The van der Waals surface area contributed by atoms with Crippen LogP contribution in [0.5, 0.6) is 11.5 Å². The third-order valence-corrected chi connectivity index (χ3v) is 5.43. The van der Waals surface area contributed by atoms with Gasteiger partial charge in [0.2, 0.25) is 0 Å². The molecule has 7 heteroatoms. The Morgan fingerprint density at radius 1 is 1.33 bits per heavy atom. The molecule has 0 spiro atoms. The van der Waals surface area contributed by atoms with Gasteiger partial charge in [0.25, 0.3) is 5.91 Å². The average Bonchev–Trinajstić information content (AvgIpc) is 3.30. The van der Waals surface area contributed by atoms with Crippen LogP contribution in [0.3, 0.4) is 0 Å². The zero-order valence-electron chi connectivity index (χ0n) is 18.1. The van der Waals surface area contributed by atoms with Gasteiger partial charge in [0.05, 0.1) is 31.4 Å². The number of carbonyl (C=O) groups excluding carboxylic acids is 2. The predicted molar refractivity (Wildman–Crippen MR) is 112 cm³/mol. The van der Waals surface area contributed by atoms with Crippen molar-refractivity contribution in [3.63, 3.8) is 0 Å². The molecular formula is C23H31NO6. The Morgan fingerprint density at radius 2 is 2.10 bits per heavy atom. The molecule has 0 bridgehead atoms. The number of methoxy groups -OCH3 is 1. The Balaban J connectivity index is 2.03. The Morgan fingerprint density at radius 3 is 2.70 bits per heavy atom. The van der Waals surface area contributed by atoms with Crippen LogP contribution in [0.25, 0.3) is 0 Å². The van der Waals surface area contributed by atoms with E-state index in [9.17, 15) is 14.7 Å². The molecule has 2 aliphatic heterocycles. The Hall–Kier alpha value is -2.54. The minimum Gasteiger partial charge on any atom is -0.503 e. The molecule has 3 rings (SSSR count). The number of benzene rings is 1. The number of aliphatic hydroxyl groups is 1. The number of nitrogens with zero attached hydrogens (tertiary/aromatic N) is 1. The van der Waals surface area contributed by atoms with Crippen LogP contribution in [0, 0.1) is 5.92 Å². The van der Waals surface area contributed by atoms with E-state index in [1.165, 1.54) is 0 Å². The fourth-order valence-corrected chi connectivity index (χ4v) is 4.09. The van der Waals surface area contributed by atoms with Crippen LogP contribution in [-0.4, -0.2) is 54.7 Å². The summed E-state index contributed by atoms with van der Waals surface area (Å²) in [5.74, 6) is -0.00551. The van der Waals surface area contributed by atoms with Crippen molar-refractivity contribution in [2.75, 3.05) is 26.9 Å². The summed E-state index contributed by atoms with van der Waals surface area (Å²) in [6.07, 6.45) is 1.94. The summed E-state index contributed by atoms with van der Waals surface area (Å²) in [6.45, 7) is 7.22. The van der Waals surface area contributed by atoms with Gasteiger partial charge in [-0.2, -0.15) is 0 Å². The maximum absolute atomic E-state index is 13.0. The minimum atomic E-state index is -0.683. The second kappa shape index (κ2) is 9.51. The molecule has 1 amide bonds. The highest BCUT2D eigenvalue weighted by Crippen LogP contribution is 2.42. The second-order valence-electron chi connectivity index (χ2n) is 8.12. The Labute approximate surface area is 177 Å². The van der Waals surface area contributed by atoms with Crippen LogP contribution >= 0.6 is 0 Å². The monoisotopic (exact) mass is 417 g/mol. The molecule has 0 aliphatic carbocycles. The Kier molecular flexibility index (Phi) is 7.02. The number of ketones is 1. The second-order valence-corrected chi connectivity index (χ2v) is 8.12. The number of hydrogen-bond acceptors (Lipinski definition) is 6. The van der Waals surface area contributed by atoms with Gasteiger partial charge >= 0.3 is 0 Å². The van der Waals surface area contributed by atoms with E-state index in [4.69, 9.17) is 14.2 Å². The summed E-state index contributed by atoms with van der Waals surface area (Å²) in [5, 5.41) is 10.7. The standard InChI is InChI=1S/C23H31NO6/c1-5-29-18-9-8-15(12-19(18)28-4)21-20(17(25)11-14(2)3)22(26)23(27)24(21)13-16-7-6-10-30-16/h8-9,12,14,16,21,26H,5-7,10-11,13H2,1-4H3. The molecule has 0 aromatic heterocycles. The first-order valence-corrected chi connectivity index (χ1v) is 10.6. The van der Waals surface area contributed by atoms with E-state index in [1.807, 2.05) is 26.8 Å². The number of amides is 1. The highest BCUT2D eigenvalue weighted by molar-refractivity contribution is 6.09. The normalized spacial score (nSPS) is 21.6. The third-order valence-electron chi connectivity index (χ3n) is 5.43. The summed E-state index contributed by atoms with van der Waals surface area (Å²) in [6, 6.07) is 4.67. The van der Waals surface area contributed by atoms with Crippen molar-refractivity contribution in [2.45, 2.75) is 52.2 Å². The molecule has 1 aromatic carbocycles. The molecule has 1 fully saturated rings. The molecule has 164 valence electrons. The van der Waals surface area contributed by atoms with Crippen LogP contribution in [0.1, 0.15) is 51.6 Å². The summed E-state index contributed by atoms with van der Waals surface area (Å²) >= 11 is 0. The summed E-state index contributed by atoms with van der Waals surface area (Å²) in [5.41, 5.74) is 0.843. The molecular weight excluding hydrogens is 386 g/mol. The summed E-state index contributed by atoms with van der Waals surface area (Å²) in [4.78, 5) is 27.5. The first kappa shape index (κ1) is 22.2. The minimum absolute atomic E-state index is 0.103. The number of carbonyl (C=O) groups is 2. The molecule has 0 radical (unpaired) electrons. The molecule has 2 aliphatic rings. The van der Waals surface area contributed by atoms with Crippen molar-refractivity contribution >= 4 is 11.7 Å². The third kappa shape index (κ3) is 4.46. The topological polar surface area (TPSA) is 85.3 Å². The molecule has 7 nitrogen and oxygen atoms in total. The number of rotatable bonds is 9. The quantitative estimate of drug-likeness (QED) is 0.661. The summed E-state index contributed by atoms with van der Waals surface area (Å²) in [7, 11) is 1.55. The zero-order valence-corrected chi connectivity index (χ0v) is 18.1. The molecule has 2 unspecified atom stereocenters. The fourth-order valence-electron chi connectivity index (χ4n) is 4.09. The number of hydrogen-bond donors (Lipinski definition) is 1. The highest BCUT2D eigenvalue weighted by atomic mass is 16.5.